The van der Waals surface area contributed by atoms with Crippen LogP contribution in [0.5, 0.6) is 11.5 Å². The van der Waals surface area contributed by atoms with Gasteiger partial charge >= 0.3 is 17.9 Å². The Labute approximate surface area is 766 Å². The van der Waals surface area contributed by atoms with E-state index in [2.05, 4.69) is 37.2 Å². The van der Waals surface area contributed by atoms with Gasteiger partial charge in [0.25, 0.3) is 5.24 Å². The molecule has 0 bridgehead atoms. The second-order valence-corrected chi connectivity index (χ2v) is 35.5. The summed E-state index contributed by atoms with van der Waals surface area (Å²) in [5.74, 6) is -28.9. The molecule has 16 atom stereocenters. The van der Waals surface area contributed by atoms with Crippen LogP contribution in [-0.4, -0.2) is 249 Å². The summed E-state index contributed by atoms with van der Waals surface area (Å²) >= 11 is 0.963. The topological polar surface area (TPSA) is 620 Å². The number of unbranched alkanes of at least 4 members (excludes halogenated alkanes) is 6. The number of rotatable bonds is 68. The third-order valence-corrected chi connectivity index (χ3v) is 24.0. The van der Waals surface area contributed by atoms with Gasteiger partial charge < -0.3 is 88.9 Å². The molecule has 1 aliphatic rings. The van der Waals surface area contributed by atoms with Crippen molar-refractivity contribution in [2.45, 2.75) is 264 Å². The summed E-state index contributed by atoms with van der Waals surface area (Å²) < 4.78 is 0. The summed E-state index contributed by atoms with van der Waals surface area (Å²) in [7, 11) is 0. The SMILES string of the molecule is CC[C@H](C)[C@H](NC(=O)[C@H](CO)CC(=O)[C@H](Cc1ccc(O)cc1)NC(=O)[C@H](CC(=O)O)CC(=O)[C@H](CO)NC(=O)[C@@H](CC(=O)[C@H](Cc1ccccc1)NC(=O)[C@@H](CC(=O)CNC(=O)[C@H](CCC(=O)O)CC(=O)CCCCCCCCN1C(=O)CSC1=O)[C@@H](C)O)[C@@H](C)O)C(=O)C[C@@H](Cc1ccc(O)cc1)C(=O)N[C@@H](CC(C)C)C(=O)C[C@@H](CC(=O)O)C(=O)N[C@H](C)CCCCN. The predicted octanol–water partition coefficient (Wildman–Crippen LogP) is 4.41. The van der Waals surface area contributed by atoms with Gasteiger partial charge in [-0.15, -0.1) is 0 Å². The third-order valence-electron chi connectivity index (χ3n) is 23.1. The number of amides is 9. The predicted molar refractivity (Wildman–Crippen MR) is 478 cm³/mol. The van der Waals surface area contributed by atoms with E-state index >= 15 is 0 Å². The Morgan fingerprint density at radius 1 is 0.427 bits per heavy atom. The smallest absolute Gasteiger partial charge is 0.304 e. The molecule has 1 aliphatic heterocycles. The molecule has 1 saturated heterocycles. The fraction of sp³-hybridized carbons (Fsp3) is 0.602. The molecule has 38 heteroatoms. The molecule has 0 unspecified atom stereocenters. The number of nitrogens with two attached hydrogens (primary N) is 1. The number of nitrogens with one attached hydrogen (secondary N) is 7. The second kappa shape index (κ2) is 58.7. The zero-order valence-corrected chi connectivity index (χ0v) is 76.5. The zero-order valence-electron chi connectivity index (χ0n) is 75.7. The van der Waals surface area contributed by atoms with Gasteiger partial charge in [0.2, 0.25) is 47.3 Å². The molecule has 0 aliphatic carbocycles. The van der Waals surface area contributed by atoms with E-state index in [9.17, 15) is 137 Å². The third kappa shape index (κ3) is 41.5. The fourth-order valence-electron chi connectivity index (χ4n) is 15.1. The monoisotopic (exact) mass is 1860 g/mol. The number of carbonyl (C=O) groups is 19. The lowest BCUT2D eigenvalue weighted by atomic mass is 9.85. The highest BCUT2D eigenvalue weighted by atomic mass is 32.2. The summed E-state index contributed by atoms with van der Waals surface area (Å²) in [4.78, 5) is 260. The minimum absolute atomic E-state index is 0.0271. The first-order valence-corrected chi connectivity index (χ1v) is 45.7. The number of aliphatic hydroxyl groups is 4. The van der Waals surface area contributed by atoms with Gasteiger partial charge in [-0.3, -0.25) is 96.0 Å². The standard InChI is InChI=1S/C93H133N9O28S/c1-8-54(4)85(80(115)43-62(37-59-24-29-66(107)30-25-59)88(125)97-72(36-53(2)3)76(111)41-63(45-83(119)120)87(124)96-55(5)20-17-18-34-94)101-90(127)65(50-103)44-77(112)73(39-60-26-31-67(108)32-27-60)98-89(126)64(46-84(121)122)42-78(113)75(51-104)100-92(129)71(57(7)106)48-79(114)74(38-58-21-14-13-15-22-58)99-91(128)70(56(6)105)47-69(110)49-95-86(123)61(28-33-82(117)118)40-68(109)23-16-11-9-10-12-19-35-102-81(116)52-131-93(102)130/h13-15,21-22,24-27,29-32,53-57,61-65,70-75,85,103-108H,8-12,16-20,23,28,33-52,94H2,1-7H3,(H,95,123)(H,96,124)(H,97,125)(H,98,126)(H,99,128)(H,100,129)(H,101,127)(H,117,118)(H,119,120)(H,121,122)/t54-,55+,56+,57+,61+,62+,63-,64-,65-,70-,71-,72-,73-,74-,75-,85-/m0/s1. The van der Waals surface area contributed by atoms with E-state index in [4.69, 9.17) is 5.73 Å². The Morgan fingerprint density at radius 3 is 1.40 bits per heavy atom. The minimum Gasteiger partial charge on any atom is -0.508 e. The molecule has 0 radical (unpaired) electrons. The molecule has 0 aromatic heterocycles. The van der Waals surface area contributed by atoms with E-state index in [0.29, 0.717) is 62.7 Å². The largest absolute Gasteiger partial charge is 0.508 e. The number of aliphatic hydroxyl groups excluding tert-OH is 4. The quantitative estimate of drug-likeness (QED) is 0.0348. The van der Waals surface area contributed by atoms with Gasteiger partial charge in [-0.25, -0.2) is 0 Å². The van der Waals surface area contributed by atoms with Crippen LogP contribution in [0.25, 0.3) is 0 Å². The first-order chi connectivity index (χ1) is 62.0. The Hall–Kier alpha value is -11.1. The van der Waals surface area contributed by atoms with Crippen LogP contribution in [0.2, 0.25) is 0 Å². The number of carboxylic acid groups (broad SMARTS) is 3. The van der Waals surface area contributed by atoms with Crippen LogP contribution < -0.4 is 43.0 Å². The van der Waals surface area contributed by atoms with Crippen molar-refractivity contribution in [1.82, 2.24) is 42.1 Å². The minimum atomic E-state index is -1.98. The van der Waals surface area contributed by atoms with Crippen LogP contribution in [-0.2, 0) is 106 Å². The van der Waals surface area contributed by atoms with E-state index in [-0.39, 0.29) is 96.7 Å². The number of imide groups is 1. The van der Waals surface area contributed by atoms with Gasteiger partial charge in [-0.2, -0.15) is 0 Å². The maximum Gasteiger partial charge on any atom is 0.304 e. The summed E-state index contributed by atoms with van der Waals surface area (Å²) in [5.41, 5.74) is 6.79. The molecule has 37 nitrogen and oxygen atoms in total. The van der Waals surface area contributed by atoms with Crippen molar-refractivity contribution in [2.24, 2.45) is 59.0 Å². The lowest BCUT2D eigenvalue weighted by molar-refractivity contribution is -0.143. The van der Waals surface area contributed by atoms with E-state index in [0.717, 1.165) is 37.9 Å². The van der Waals surface area contributed by atoms with Crippen LogP contribution in [0.3, 0.4) is 0 Å². The number of hydrogen-bond donors (Lipinski definition) is 17. The van der Waals surface area contributed by atoms with Crippen molar-refractivity contribution in [3.05, 3.63) is 95.6 Å². The molecule has 724 valence electrons. The summed E-state index contributed by atoms with van der Waals surface area (Å²) in [6.45, 7) is 8.58. The first-order valence-electron chi connectivity index (χ1n) is 44.7. The first kappa shape index (κ1) is 112. The van der Waals surface area contributed by atoms with Crippen molar-refractivity contribution in [2.75, 3.05) is 38.6 Å². The summed E-state index contributed by atoms with van der Waals surface area (Å²) in [6, 6.07) is 10.5. The molecule has 1 heterocycles. The Balaban J connectivity index is 1.52. The number of hydrogen-bond acceptors (Lipinski definition) is 27. The molecule has 1 fully saturated rings. The maximum atomic E-state index is 14.8. The molecule has 3 aromatic rings. The Morgan fingerprint density at radius 2 is 0.893 bits per heavy atom. The molecular formula is C93H133N9O28S. The molecule has 9 amide bonds. The van der Waals surface area contributed by atoms with Gasteiger partial charge in [-0.05, 0) is 138 Å². The van der Waals surface area contributed by atoms with Crippen LogP contribution in [0, 0.1) is 53.3 Å². The van der Waals surface area contributed by atoms with Crippen LogP contribution in [0.15, 0.2) is 78.9 Å². The van der Waals surface area contributed by atoms with Crippen LogP contribution >= 0.6 is 11.8 Å². The number of Topliss-reactive ketones (excluding diaryl/α,β-unsaturated/α-hetero) is 7. The normalized spacial score (nSPS) is 15.7. The molecule has 18 N–H and O–H groups in total. The average molecular weight is 1860 g/mol. The van der Waals surface area contributed by atoms with Gasteiger partial charge in [0.05, 0.1) is 104 Å². The van der Waals surface area contributed by atoms with E-state index in [1.807, 2.05) is 0 Å². The van der Waals surface area contributed by atoms with Gasteiger partial charge in [-0.1, -0.05) is 133 Å². The number of phenolic OH excluding ortho intramolecular Hbond substituents is 2. The molecule has 0 spiro atoms. The Kier molecular flexibility index (Phi) is 50.3. The lowest BCUT2D eigenvalue weighted by Crippen LogP contribution is -2.52. The van der Waals surface area contributed by atoms with E-state index in [1.54, 1.807) is 65.0 Å². The number of aliphatic carboxylic acids is 3. The summed E-state index contributed by atoms with van der Waals surface area (Å²) in [5, 5.41) is 111. The van der Waals surface area contributed by atoms with Crippen LogP contribution in [0.4, 0.5) is 4.79 Å². The number of thioether (sulfide) groups is 1. The number of phenols is 2. The number of ketones is 7. The number of carbonyl (C=O) groups excluding carboxylic acids is 16. The number of nitrogens with zero attached hydrogens (tertiary/aromatic N) is 1. The van der Waals surface area contributed by atoms with Gasteiger partial charge in [0.1, 0.15) is 23.3 Å². The lowest BCUT2D eigenvalue weighted by Gasteiger charge is -2.28. The van der Waals surface area contributed by atoms with E-state index in [1.165, 1.54) is 60.4 Å². The highest BCUT2D eigenvalue weighted by Crippen LogP contribution is 2.28. The number of aromatic hydroxyl groups is 2. The zero-order chi connectivity index (χ0) is 97.7. The Bertz CT molecular complexity index is 4320. The molecule has 3 aromatic carbocycles. The fourth-order valence-corrected chi connectivity index (χ4v) is 15.9. The second-order valence-electron chi connectivity index (χ2n) is 34.6. The highest BCUT2D eigenvalue weighted by Gasteiger charge is 2.41. The van der Waals surface area contributed by atoms with Crippen molar-refractivity contribution in [3.8, 4) is 11.5 Å². The molecular weight excluding hydrogens is 1720 g/mol. The van der Waals surface area contributed by atoms with Crippen molar-refractivity contribution in [3.63, 3.8) is 0 Å². The van der Waals surface area contributed by atoms with Gasteiger partial charge in [0, 0.05) is 82.2 Å². The summed E-state index contributed by atoms with van der Waals surface area (Å²) in [6.07, 6.45) is -5.62. The molecule has 4 rings (SSSR count). The van der Waals surface area contributed by atoms with Crippen molar-refractivity contribution >= 4 is 123 Å². The average Bonchev–Trinajstić information content (AvgIpc) is 1.34. The van der Waals surface area contributed by atoms with E-state index < -0.39 is 268 Å². The molecule has 0 saturated carbocycles. The number of carboxylic acids is 3. The van der Waals surface area contributed by atoms with Crippen LogP contribution in [0.1, 0.15) is 213 Å². The highest BCUT2D eigenvalue weighted by molar-refractivity contribution is 8.14. The number of benzene rings is 3. The van der Waals surface area contributed by atoms with Gasteiger partial charge in [0.15, 0.2) is 34.7 Å². The maximum absolute atomic E-state index is 14.8. The molecule has 131 heavy (non-hydrogen) atoms. The van der Waals surface area contributed by atoms with Crippen molar-refractivity contribution in [1.29, 1.82) is 0 Å². The van der Waals surface area contributed by atoms with Crippen molar-refractivity contribution < 1.29 is 137 Å².